The molecule has 2 fully saturated rings. The minimum absolute atomic E-state index is 0.466. The predicted molar refractivity (Wildman–Crippen MR) is 43.4 cm³/mol. The van der Waals surface area contributed by atoms with Crippen molar-refractivity contribution >= 4 is 11.6 Å². The van der Waals surface area contributed by atoms with Gasteiger partial charge in [-0.2, -0.15) is 0 Å². The van der Waals surface area contributed by atoms with E-state index in [2.05, 4.69) is 11.9 Å². The van der Waals surface area contributed by atoms with Gasteiger partial charge in [0.1, 0.15) is 0 Å². The Bertz CT molecular complexity index is 123. The molecule has 3 atom stereocenters. The Morgan fingerprint density at radius 1 is 1.20 bits per heavy atom. The summed E-state index contributed by atoms with van der Waals surface area (Å²) in [5.41, 5.74) is 0. The highest BCUT2D eigenvalue weighted by Crippen LogP contribution is 2.36. The maximum atomic E-state index is 6.08. The van der Waals surface area contributed by atoms with Gasteiger partial charge in [0.2, 0.25) is 0 Å². The molecule has 0 amide bonds. The molecule has 0 aromatic rings. The SMILES string of the molecule is CN1[C@@H]2CC[C@H]1CC(Cl)C2. The summed E-state index contributed by atoms with van der Waals surface area (Å²) in [6.45, 7) is 0. The van der Waals surface area contributed by atoms with Crippen LogP contribution in [-0.2, 0) is 0 Å². The molecule has 0 aliphatic carbocycles. The number of hydrogen-bond acceptors (Lipinski definition) is 1. The monoisotopic (exact) mass is 159 g/mol. The normalized spacial score (nSPS) is 48.0. The number of piperidine rings is 1. The van der Waals surface area contributed by atoms with Crippen LogP contribution in [-0.4, -0.2) is 29.4 Å². The van der Waals surface area contributed by atoms with E-state index >= 15 is 0 Å². The van der Waals surface area contributed by atoms with Crippen molar-refractivity contribution in [2.24, 2.45) is 0 Å². The Morgan fingerprint density at radius 3 is 2.20 bits per heavy atom. The van der Waals surface area contributed by atoms with E-state index < -0.39 is 0 Å². The quantitative estimate of drug-likeness (QED) is 0.488. The van der Waals surface area contributed by atoms with Crippen molar-refractivity contribution < 1.29 is 0 Å². The number of halogens is 1. The fraction of sp³-hybridized carbons (Fsp3) is 1.00. The molecule has 2 aliphatic heterocycles. The van der Waals surface area contributed by atoms with Gasteiger partial charge in [-0.1, -0.05) is 0 Å². The van der Waals surface area contributed by atoms with E-state index in [0.29, 0.717) is 5.38 Å². The van der Waals surface area contributed by atoms with Gasteiger partial charge in [0.05, 0.1) is 0 Å². The Labute approximate surface area is 67.3 Å². The fourth-order valence-corrected chi connectivity index (χ4v) is 2.76. The van der Waals surface area contributed by atoms with Crippen LogP contribution >= 0.6 is 11.6 Å². The molecule has 10 heavy (non-hydrogen) atoms. The lowest BCUT2D eigenvalue weighted by atomic mass is 10.0. The van der Waals surface area contributed by atoms with Crippen LogP contribution in [0.15, 0.2) is 0 Å². The predicted octanol–water partition coefficient (Wildman–Crippen LogP) is 1.85. The van der Waals surface area contributed by atoms with Crippen molar-refractivity contribution in [1.82, 2.24) is 4.90 Å². The Kier molecular flexibility index (Phi) is 1.65. The number of alkyl halides is 1. The van der Waals surface area contributed by atoms with Gasteiger partial charge in [0.15, 0.2) is 0 Å². The molecular formula is C8H14ClN. The highest BCUT2D eigenvalue weighted by Gasteiger charge is 2.37. The molecule has 2 heterocycles. The van der Waals surface area contributed by atoms with Crippen LogP contribution in [0, 0.1) is 0 Å². The molecule has 2 saturated heterocycles. The van der Waals surface area contributed by atoms with Gasteiger partial charge in [-0.3, -0.25) is 0 Å². The summed E-state index contributed by atoms with van der Waals surface area (Å²) in [4.78, 5) is 2.51. The van der Waals surface area contributed by atoms with Crippen molar-refractivity contribution in [3.63, 3.8) is 0 Å². The number of rotatable bonds is 0. The molecule has 0 spiro atoms. The standard InChI is InChI=1S/C8H14ClN/c1-10-7-2-3-8(10)5-6(9)4-7/h6-8H,2-5H2,1H3/t6?,7-,8+. The van der Waals surface area contributed by atoms with Crippen LogP contribution in [0.1, 0.15) is 25.7 Å². The van der Waals surface area contributed by atoms with Gasteiger partial charge in [-0.25, -0.2) is 0 Å². The molecule has 0 radical (unpaired) electrons. The highest BCUT2D eigenvalue weighted by atomic mass is 35.5. The summed E-state index contributed by atoms with van der Waals surface area (Å²) >= 11 is 6.08. The molecular weight excluding hydrogens is 146 g/mol. The lowest BCUT2D eigenvalue weighted by Gasteiger charge is -2.33. The van der Waals surface area contributed by atoms with Crippen molar-refractivity contribution in [2.75, 3.05) is 7.05 Å². The topological polar surface area (TPSA) is 3.24 Å². The fourth-order valence-electron chi connectivity index (χ4n) is 2.35. The summed E-state index contributed by atoms with van der Waals surface area (Å²) in [5, 5.41) is 0.466. The van der Waals surface area contributed by atoms with Crippen molar-refractivity contribution in [3.8, 4) is 0 Å². The highest BCUT2D eigenvalue weighted by molar-refractivity contribution is 6.20. The molecule has 2 bridgehead atoms. The summed E-state index contributed by atoms with van der Waals surface area (Å²) in [5.74, 6) is 0. The van der Waals surface area contributed by atoms with E-state index in [4.69, 9.17) is 11.6 Å². The van der Waals surface area contributed by atoms with E-state index in [-0.39, 0.29) is 0 Å². The molecule has 1 nitrogen and oxygen atoms in total. The smallest absolute Gasteiger partial charge is 0.0365 e. The summed E-state index contributed by atoms with van der Waals surface area (Å²) in [7, 11) is 2.24. The maximum absolute atomic E-state index is 6.08. The first-order valence-corrected chi connectivity index (χ1v) is 4.57. The van der Waals surface area contributed by atoms with E-state index in [1.54, 1.807) is 0 Å². The van der Waals surface area contributed by atoms with Crippen molar-refractivity contribution in [1.29, 1.82) is 0 Å². The van der Waals surface area contributed by atoms with Gasteiger partial charge in [-0.15, -0.1) is 11.6 Å². The maximum Gasteiger partial charge on any atom is 0.0365 e. The second kappa shape index (κ2) is 2.38. The van der Waals surface area contributed by atoms with E-state index in [9.17, 15) is 0 Å². The molecule has 58 valence electrons. The first-order chi connectivity index (χ1) is 4.77. The molecule has 2 aliphatic rings. The van der Waals surface area contributed by atoms with Crippen molar-refractivity contribution in [2.45, 2.75) is 43.1 Å². The molecule has 0 saturated carbocycles. The Morgan fingerprint density at radius 2 is 1.70 bits per heavy atom. The summed E-state index contributed by atoms with van der Waals surface area (Å²) in [6, 6.07) is 1.61. The largest absolute Gasteiger partial charge is 0.300 e. The molecule has 2 heteroatoms. The van der Waals surface area contributed by atoms with Crippen molar-refractivity contribution in [3.05, 3.63) is 0 Å². The third-order valence-corrected chi connectivity index (χ3v) is 3.40. The molecule has 0 N–H and O–H groups in total. The van der Waals surface area contributed by atoms with Gasteiger partial charge >= 0.3 is 0 Å². The molecule has 0 aromatic heterocycles. The van der Waals surface area contributed by atoms with Gasteiger partial charge in [0.25, 0.3) is 0 Å². The summed E-state index contributed by atoms with van der Waals surface area (Å²) < 4.78 is 0. The Balaban J connectivity index is 2.09. The van der Waals surface area contributed by atoms with E-state index in [1.165, 1.54) is 25.7 Å². The van der Waals surface area contributed by atoms with Crippen LogP contribution in [0.5, 0.6) is 0 Å². The Hall–Kier alpha value is 0.250. The molecule has 1 unspecified atom stereocenters. The second-order valence-electron chi connectivity index (χ2n) is 3.62. The third kappa shape index (κ3) is 0.960. The zero-order valence-electron chi connectivity index (χ0n) is 6.39. The molecule has 2 rings (SSSR count). The zero-order chi connectivity index (χ0) is 7.14. The van der Waals surface area contributed by atoms with E-state index in [1.807, 2.05) is 0 Å². The van der Waals surface area contributed by atoms with Gasteiger partial charge in [0, 0.05) is 17.5 Å². The summed E-state index contributed by atoms with van der Waals surface area (Å²) in [6.07, 6.45) is 5.19. The number of nitrogens with zero attached hydrogens (tertiary/aromatic N) is 1. The lowest BCUT2D eigenvalue weighted by Crippen LogP contribution is -2.40. The van der Waals surface area contributed by atoms with Crippen LogP contribution in [0.4, 0.5) is 0 Å². The lowest BCUT2D eigenvalue weighted by molar-refractivity contribution is 0.181. The molecule has 0 aromatic carbocycles. The van der Waals surface area contributed by atoms with Crippen LogP contribution in [0.3, 0.4) is 0 Å². The average molecular weight is 160 g/mol. The third-order valence-electron chi connectivity index (χ3n) is 3.04. The minimum atomic E-state index is 0.466. The van der Waals surface area contributed by atoms with Crippen LogP contribution < -0.4 is 0 Å². The van der Waals surface area contributed by atoms with E-state index in [0.717, 1.165) is 12.1 Å². The first kappa shape index (κ1) is 6.93. The van der Waals surface area contributed by atoms with Crippen LogP contribution in [0.25, 0.3) is 0 Å². The number of hydrogen-bond donors (Lipinski definition) is 0. The first-order valence-electron chi connectivity index (χ1n) is 4.13. The zero-order valence-corrected chi connectivity index (χ0v) is 7.14. The number of fused-ring (bicyclic) bond motifs is 2. The minimum Gasteiger partial charge on any atom is -0.300 e. The van der Waals surface area contributed by atoms with Gasteiger partial charge < -0.3 is 4.90 Å². The second-order valence-corrected chi connectivity index (χ2v) is 4.24. The van der Waals surface area contributed by atoms with Crippen LogP contribution in [0.2, 0.25) is 0 Å². The average Bonchev–Trinajstić information content (AvgIpc) is 2.20. The van der Waals surface area contributed by atoms with Gasteiger partial charge in [-0.05, 0) is 32.7 Å².